The number of hydrogen-bond acceptors (Lipinski definition) is 4. The van der Waals surface area contributed by atoms with Gasteiger partial charge >= 0.3 is 0 Å². The molecule has 0 saturated carbocycles. The average Bonchev–Trinajstić information content (AvgIpc) is 2.46. The number of aliphatic hydroxyl groups excluding tert-OH is 2. The van der Waals surface area contributed by atoms with Gasteiger partial charge in [-0.3, -0.25) is 0 Å². The summed E-state index contributed by atoms with van der Waals surface area (Å²) in [7, 11) is 1.55. The summed E-state index contributed by atoms with van der Waals surface area (Å²) in [5.74, 6) is 0.0185. The lowest BCUT2D eigenvalue weighted by Gasteiger charge is -2.12. The molecule has 1 heterocycles. The molecule has 0 unspecified atom stereocenters. The van der Waals surface area contributed by atoms with Gasteiger partial charge in [0, 0.05) is 26.1 Å². The van der Waals surface area contributed by atoms with E-state index in [1.54, 1.807) is 7.11 Å². The fourth-order valence-electron chi connectivity index (χ4n) is 1.30. The second-order valence-corrected chi connectivity index (χ2v) is 2.70. The van der Waals surface area contributed by atoms with Crippen molar-refractivity contribution in [3.63, 3.8) is 0 Å². The maximum atomic E-state index is 8.83. The molecular weight excluding hydrogens is 148 g/mol. The highest BCUT2D eigenvalue weighted by atomic mass is 16.7. The molecule has 1 rings (SSSR count). The molecule has 1 aliphatic rings. The van der Waals surface area contributed by atoms with Crippen molar-refractivity contribution < 1.29 is 19.7 Å². The van der Waals surface area contributed by atoms with E-state index in [1.165, 1.54) is 0 Å². The first-order chi connectivity index (χ1) is 5.31. The van der Waals surface area contributed by atoms with Crippen molar-refractivity contribution >= 4 is 0 Å². The average molecular weight is 162 g/mol. The lowest BCUT2D eigenvalue weighted by atomic mass is 10.0. The van der Waals surface area contributed by atoms with Crippen LogP contribution in [0.25, 0.3) is 0 Å². The van der Waals surface area contributed by atoms with E-state index in [0.717, 1.165) is 0 Å². The molecule has 4 nitrogen and oxygen atoms in total. The molecule has 0 aromatic carbocycles. The van der Waals surface area contributed by atoms with E-state index in [1.807, 2.05) is 0 Å². The predicted octanol–water partition coefficient (Wildman–Crippen LogP) is -0.651. The number of ether oxygens (including phenoxy) is 2. The Kier molecular flexibility index (Phi) is 3.26. The first kappa shape index (κ1) is 8.93. The van der Waals surface area contributed by atoms with Gasteiger partial charge in [0.15, 0.2) is 6.29 Å². The van der Waals surface area contributed by atoms with Crippen molar-refractivity contribution in [2.45, 2.75) is 18.8 Å². The lowest BCUT2D eigenvalue weighted by molar-refractivity contribution is -0.125. The molecule has 0 aromatic heterocycles. The minimum atomic E-state index is -0.260. The van der Waals surface area contributed by atoms with Crippen LogP contribution in [0.15, 0.2) is 0 Å². The van der Waals surface area contributed by atoms with Crippen LogP contribution in [0.3, 0.4) is 0 Å². The summed E-state index contributed by atoms with van der Waals surface area (Å²) in [5.41, 5.74) is 0. The van der Waals surface area contributed by atoms with Crippen molar-refractivity contribution in [2.75, 3.05) is 20.3 Å². The largest absolute Gasteiger partial charge is 0.396 e. The SMILES string of the molecule is CO[C@H]1C[C@H](CO)[C@@H](CO)O1. The summed E-state index contributed by atoms with van der Waals surface area (Å²) in [4.78, 5) is 0. The Morgan fingerprint density at radius 2 is 2.18 bits per heavy atom. The van der Waals surface area contributed by atoms with Gasteiger partial charge in [-0.15, -0.1) is 0 Å². The normalized spacial score (nSPS) is 37.9. The predicted molar refractivity (Wildman–Crippen MR) is 37.9 cm³/mol. The van der Waals surface area contributed by atoms with E-state index < -0.39 is 0 Å². The summed E-state index contributed by atoms with van der Waals surface area (Å²) in [5, 5.41) is 17.6. The van der Waals surface area contributed by atoms with Crippen molar-refractivity contribution in [1.82, 2.24) is 0 Å². The van der Waals surface area contributed by atoms with Gasteiger partial charge in [0.1, 0.15) is 0 Å². The summed E-state index contributed by atoms with van der Waals surface area (Å²) < 4.78 is 10.2. The maximum Gasteiger partial charge on any atom is 0.158 e. The van der Waals surface area contributed by atoms with Gasteiger partial charge in [-0.2, -0.15) is 0 Å². The minimum Gasteiger partial charge on any atom is -0.396 e. The summed E-state index contributed by atoms with van der Waals surface area (Å²) >= 11 is 0. The van der Waals surface area contributed by atoms with Crippen molar-refractivity contribution in [1.29, 1.82) is 0 Å². The van der Waals surface area contributed by atoms with E-state index in [-0.39, 0.29) is 31.5 Å². The zero-order valence-electron chi connectivity index (χ0n) is 6.56. The highest BCUT2D eigenvalue weighted by Gasteiger charge is 2.33. The molecule has 11 heavy (non-hydrogen) atoms. The molecule has 0 spiro atoms. The van der Waals surface area contributed by atoms with E-state index in [2.05, 4.69) is 0 Å². The van der Waals surface area contributed by atoms with Gasteiger partial charge in [0.2, 0.25) is 0 Å². The van der Waals surface area contributed by atoms with Crippen LogP contribution in [0.5, 0.6) is 0 Å². The first-order valence-corrected chi connectivity index (χ1v) is 3.71. The molecule has 4 heteroatoms. The highest BCUT2D eigenvalue weighted by Crippen LogP contribution is 2.25. The fourth-order valence-corrected chi connectivity index (χ4v) is 1.30. The van der Waals surface area contributed by atoms with E-state index >= 15 is 0 Å². The molecule has 1 aliphatic heterocycles. The molecule has 0 amide bonds. The Balaban J connectivity index is 2.41. The minimum absolute atomic E-state index is 0.0185. The molecule has 66 valence electrons. The standard InChI is InChI=1S/C7H14O4/c1-10-7-2-5(3-8)6(4-9)11-7/h5-9H,2-4H2,1H3/t5-,6-,7-/m1/s1. The molecule has 0 radical (unpaired) electrons. The smallest absolute Gasteiger partial charge is 0.158 e. The van der Waals surface area contributed by atoms with Crippen LogP contribution >= 0.6 is 0 Å². The van der Waals surface area contributed by atoms with Crippen LogP contribution in [0, 0.1) is 5.92 Å². The fraction of sp³-hybridized carbons (Fsp3) is 1.00. The van der Waals surface area contributed by atoms with E-state index in [0.29, 0.717) is 6.42 Å². The monoisotopic (exact) mass is 162 g/mol. The molecule has 2 N–H and O–H groups in total. The Bertz CT molecular complexity index is 105. The zero-order valence-corrected chi connectivity index (χ0v) is 6.56. The molecule has 1 saturated heterocycles. The van der Waals surface area contributed by atoms with E-state index in [9.17, 15) is 0 Å². The second-order valence-electron chi connectivity index (χ2n) is 2.70. The number of aliphatic hydroxyl groups is 2. The van der Waals surface area contributed by atoms with Gasteiger partial charge in [-0.25, -0.2) is 0 Å². The molecular formula is C7H14O4. The first-order valence-electron chi connectivity index (χ1n) is 3.71. The molecule has 1 fully saturated rings. The topological polar surface area (TPSA) is 58.9 Å². The van der Waals surface area contributed by atoms with E-state index in [4.69, 9.17) is 19.7 Å². The third kappa shape index (κ3) is 1.90. The third-order valence-electron chi connectivity index (χ3n) is 2.02. The zero-order chi connectivity index (χ0) is 8.27. The van der Waals surface area contributed by atoms with Gasteiger partial charge in [-0.05, 0) is 0 Å². The molecule has 0 aliphatic carbocycles. The number of methoxy groups -OCH3 is 1. The number of hydrogen-bond donors (Lipinski definition) is 2. The van der Waals surface area contributed by atoms with Gasteiger partial charge in [0.25, 0.3) is 0 Å². The van der Waals surface area contributed by atoms with Crippen molar-refractivity contribution in [3.8, 4) is 0 Å². The van der Waals surface area contributed by atoms with Crippen LogP contribution in [0.2, 0.25) is 0 Å². The van der Waals surface area contributed by atoms with Crippen LogP contribution in [-0.2, 0) is 9.47 Å². The quantitative estimate of drug-likeness (QED) is 0.579. The highest BCUT2D eigenvalue weighted by molar-refractivity contribution is 4.77. The van der Waals surface area contributed by atoms with Crippen molar-refractivity contribution in [3.05, 3.63) is 0 Å². The lowest BCUT2D eigenvalue weighted by Crippen LogP contribution is -2.23. The Labute approximate surface area is 65.7 Å². The van der Waals surface area contributed by atoms with Gasteiger partial charge in [0.05, 0.1) is 12.7 Å². The van der Waals surface area contributed by atoms with Crippen molar-refractivity contribution in [2.24, 2.45) is 5.92 Å². The van der Waals surface area contributed by atoms with Crippen LogP contribution < -0.4 is 0 Å². The molecule has 0 aromatic rings. The summed E-state index contributed by atoms with van der Waals surface area (Å²) in [6, 6.07) is 0. The second kappa shape index (κ2) is 4.01. The van der Waals surface area contributed by atoms with Crippen LogP contribution in [0.4, 0.5) is 0 Å². The van der Waals surface area contributed by atoms with Crippen LogP contribution in [0.1, 0.15) is 6.42 Å². The summed E-state index contributed by atoms with van der Waals surface area (Å²) in [6.07, 6.45) is 0.146. The molecule has 0 bridgehead atoms. The van der Waals surface area contributed by atoms with Crippen LogP contribution in [-0.4, -0.2) is 42.9 Å². The molecule has 3 atom stereocenters. The van der Waals surface area contributed by atoms with Gasteiger partial charge < -0.3 is 19.7 Å². The Hall–Kier alpha value is -0.160. The number of rotatable bonds is 3. The summed E-state index contributed by atoms with van der Waals surface area (Å²) in [6.45, 7) is -0.00380. The maximum absolute atomic E-state index is 8.83. The van der Waals surface area contributed by atoms with Gasteiger partial charge in [-0.1, -0.05) is 0 Å². The Morgan fingerprint density at radius 3 is 2.55 bits per heavy atom. The third-order valence-corrected chi connectivity index (χ3v) is 2.02. The Morgan fingerprint density at radius 1 is 1.45 bits per heavy atom.